The van der Waals surface area contributed by atoms with E-state index in [9.17, 15) is 4.39 Å². The molecule has 0 saturated carbocycles. The molecule has 0 amide bonds. The van der Waals surface area contributed by atoms with Crippen LogP contribution in [0.3, 0.4) is 0 Å². The van der Waals surface area contributed by atoms with Crippen molar-refractivity contribution in [3.05, 3.63) is 35.6 Å². The lowest BCUT2D eigenvalue weighted by molar-refractivity contribution is 0.181. The Balaban J connectivity index is 1.85. The van der Waals surface area contributed by atoms with Gasteiger partial charge in [0.05, 0.1) is 6.61 Å². The zero-order valence-corrected chi connectivity index (χ0v) is 12.1. The van der Waals surface area contributed by atoms with Crippen LogP contribution >= 0.6 is 0 Å². The fourth-order valence-electron chi connectivity index (χ4n) is 2.41. The van der Waals surface area contributed by atoms with Crippen LogP contribution in [-0.4, -0.2) is 44.7 Å². The van der Waals surface area contributed by atoms with Crippen LogP contribution < -0.4 is 5.32 Å². The molecule has 2 rings (SSSR count). The van der Waals surface area contributed by atoms with Crippen molar-refractivity contribution in [3.8, 4) is 0 Å². The first kappa shape index (κ1) is 14.8. The fourth-order valence-corrected chi connectivity index (χ4v) is 2.41. The zero-order chi connectivity index (χ0) is 14.4. The minimum atomic E-state index is -0.212. The van der Waals surface area contributed by atoms with Gasteiger partial charge in [-0.2, -0.15) is 0 Å². The summed E-state index contributed by atoms with van der Waals surface area (Å²) in [6.45, 7) is 3.16. The Morgan fingerprint density at radius 1 is 1.55 bits per heavy atom. The predicted molar refractivity (Wildman–Crippen MR) is 78.2 cm³/mol. The Morgan fingerprint density at radius 3 is 3.05 bits per heavy atom. The molecule has 5 heteroatoms. The van der Waals surface area contributed by atoms with E-state index >= 15 is 0 Å². The number of nitrogens with one attached hydrogen (secondary N) is 1. The van der Waals surface area contributed by atoms with Gasteiger partial charge in [-0.3, -0.25) is 4.99 Å². The Hall–Kier alpha value is -1.62. The van der Waals surface area contributed by atoms with Crippen molar-refractivity contribution in [2.45, 2.75) is 13.0 Å². The number of aliphatic imine (C=N–C) groups is 1. The van der Waals surface area contributed by atoms with Crippen LogP contribution in [0.4, 0.5) is 4.39 Å². The molecular weight excluding hydrogens is 257 g/mol. The summed E-state index contributed by atoms with van der Waals surface area (Å²) in [4.78, 5) is 6.36. The largest absolute Gasteiger partial charge is 0.381 e. The lowest BCUT2D eigenvalue weighted by Crippen LogP contribution is -2.41. The molecule has 1 saturated heterocycles. The van der Waals surface area contributed by atoms with Gasteiger partial charge in [0.1, 0.15) is 5.82 Å². The third-order valence-corrected chi connectivity index (χ3v) is 3.47. The minimum Gasteiger partial charge on any atom is -0.381 e. The molecule has 4 nitrogen and oxygen atoms in total. The molecule has 1 atom stereocenters. The third kappa shape index (κ3) is 4.20. The highest BCUT2D eigenvalue weighted by atomic mass is 19.1. The second-order valence-corrected chi connectivity index (χ2v) is 5.14. The number of nitrogens with zero attached hydrogens (tertiary/aromatic N) is 2. The molecule has 0 radical (unpaired) electrons. The fraction of sp³-hybridized carbons (Fsp3) is 0.533. The van der Waals surface area contributed by atoms with Crippen LogP contribution in [0.1, 0.15) is 12.0 Å². The highest BCUT2D eigenvalue weighted by Crippen LogP contribution is 2.13. The summed E-state index contributed by atoms with van der Waals surface area (Å²) < 4.78 is 18.5. The molecule has 1 unspecified atom stereocenters. The smallest absolute Gasteiger partial charge is 0.193 e. The third-order valence-electron chi connectivity index (χ3n) is 3.47. The summed E-state index contributed by atoms with van der Waals surface area (Å²) in [6.07, 6.45) is 1.10. The van der Waals surface area contributed by atoms with Gasteiger partial charge < -0.3 is 15.0 Å². The van der Waals surface area contributed by atoms with Gasteiger partial charge in [0.15, 0.2) is 5.96 Å². The molecule has 0 aliphatic carbocycles. The molecule has 1 fully saturated rings. The molecular formula is C15H22FN3O. The van der Waals surface area contributed by atoms with E-state index < -0.39 is 0 Å². The summed E-state index contributed by atoms with van der Waals surface area (Å²) in [5.74, 6) is 1.17. The van der Waals surface area contributed by atoms with Crippen LogP contribution in [0.5, 0.6) is 0 Å². The number of benzene rings is 1. The highest BCUT2D eigenvalue weighted by molar-refractivity contribution is 5.79. The van der Waals surface area contributed by atoms with E-state index in [0.29, 0.717) is 12.5 Å². The lowest BCUT2D eigenvalue weighted by atomic mass is 10.1. The topological polar surface area (TPSA) is 36.9 Å². The van der Waals surface area contributed by atoms with Crippen molar-refractivity contribution in [2.24, 2.45) is 10.9 Å². The normalized spacial score (nSPS) is 19.1. The van der Waals surface area contributed by atoms with Crippen molar-refractivity contribution in [1.82, 2.24) is 10.2 Å². The molecule has 1 aromatic rings. The van der Waals surface area contributed by atoms with E-state index in [1.165, 1.54) is 12.1 Å². The number of halogens is 1. The predicted octanol–water partition coefficient (Wildman–Crippen LogP) is 1.87. The standard InChI is InChI=1S/C15H22FN3O/c1-17-15(19(2)10-13-6-7-20-11-13)18-9-12-4-3-5-14(16)8-12/h3-5,8,13H,6-7,9-11H2,1-2H3,(H,17,18). The molecule has 1 aliphatic rings. The first-order valence-electron chi connectivity index (χ1n) is 6.93. The molecule has 0 aromatic heterocycles. The summed E-state index contributed by atoms with van der Waals surface area (Å²) >= 11 is 0. The number of hydrogen-bond acceptors (Lipinski definition) is 2. The van der Waals surface area contributed by atoms with Crippen LogP contribution in [0.2, 0.25) is 0 Å². The van der Waals surface area contributed by atoms with Crippen LogP contribution in [-0.2, 0) is 11.3 Å². The van der Waals surface area contributed by atoms with Crippen molar-refractivity contribution in [3.63, 3.8) is 0 Å². The van der Waals surface area contributed by atoms with E-state index in [0.717, 1.165) is 37.7 Å². The number of hydrogen-bond donors (Lipinski definition) is 1. The van der Waals surface area contributed by atoms with Crippen molar-refractivity contribution < 1.29 is 9.13 Å². The van der Waals surface area contributed by atoms with Gasteiger partial charge >= 0.3 is 0 Å². The van der Waals surface area contributed by atoms with E-state index in [4.69, 9.17) is 4.74 Å². The van der Waals surface area contributed by atoms with Gasteiger partial charge in [0.25, 0.3) is 0 Å². The molecule has 20 heavy (non-hydrogen) atoms. The molecule has 1 aliphatic heterocycles. The van der Waals surface area contributed by atoms with Crippen molar-refractivity contribution in [2.75, 3.05) is 33.9 Å². The lowest BCUT2D eigenvalue weighted by Gasteiger charge is -2.24. The summed E-state index contributed by atoms with van der Waals surface area (Å²) in [6, 6.07) is 6.60. The molecule has 110 valence electrons. The van der Waals surface area contributed by atoms with E-state index in [-0.39, 0.29) is 5.82 Å². The average Bonchev–Trinajstić information content (AvgIpc) is 2.92. The second-order valence-electron chi connectivity index (χ2n) is 5.14. The van der Waals surface area contributed by atoms with Gasteiger partial charge in [0.2, 0.25) is 0 Å². The Labute approximate surface area is 119 Å². The number of ether oxygens (including phenoxy) is 1. The van der Waals surface area contributed by atoms with E-state index in [2.05, 4.69) is 15.2 Å². The van der Waals surface area contributed by atoms with Gasteiger partial charge in [-0.15, -0.1) is 0 Å². The van der Waals surface area contributed by atoms with Crippen molar-refractivity contribution >= 4 is 5.96 Å². The maximum Gasteiger partial charge on any atom is 0.193 e. The zero-order valence-electron chi connectivity index (χ0n) is 12.1. The molecule has 0 bridgehead atoms. The maximum atomic E-state index is 13.1. The highest BCUT2D eigenvalue weighted by Gasteiger charge is 2.18. The summed E-state index contributed by atoms with van der Waals surface area (Å²) in [7, 11) is 3.77. The first-order valence-corrected chi connectivity index (χ1v) is 6.93. The quantitative estimate of drug-likeness (QED) is 0.675. The van der Waals surface area contributed by atoms with Gasteiger partial charge in [0, 0.05) is 39.7 Å². The minimum absolute atomic E-state index is 0.212. The van der Waals surface area contributed by atoms with Gasteiger partial charge in [-0.25, -0.2) is 4.39 Å². The van der Waals surface area contributed by atoms with Gasteiger partial charge in [-0.05, 0) is 24.1 Å². The molecule has 1 N–H and O–H groups in total. The maximum absolute atomic E-state index is 13.1. The second kappa shape index (κ2) is 7.24. The molecule has 1 heterocycles. The SMILES string of the molecule is CN=C(NCc1cccc(F)c1)N(C)CC1CCOC1. The van der Waals surface area contributed by atoms with Crippen molar-refractivity contribution in [1.29, 1.82) is 0 Å². The summed E-state index contributed by atoms with van der Waals surface area (Å²) in [5.41, 5.74) is 0.906. The summed E-state index contributed by atoms with van der Waals surface area (Å²) in [5, 5.41) is 3.26. The monoisotopic (exact) mass is 279 g/mol. The van der Waals surface area contributed by atoms with Crippen LogP contribution in [0.15, 0.2) is 29.3 Å². The van der Waals surface area contributed by atoms with Gasteiger partial charge in [-0.1, -0.05) is 12.1 Å². The molecule has 1 aromatic carbocycles. The van der Waals surface area contributed by atoms with Crippen LogP contribution in [0.25, 0.3) is 0 Å². The first-order chi connectivity index (χ1) is 9.69. The number of guanidine groups is 1. The van der Waals surface area contributed by atoms with E-state index in [1.807, 2.05) is 13.1 Å². The Morgan fingerprint density at radius 2 is 2.40 bits per heavy atom. The Bertz CT molecular complexity index is 458. The van der Waals surface area contributed by atoms with E-state index in [1.54, 1.807) is 13.1 Å². The van der Waals surface area contributed by atoms with Crippen LogP contribution in [0, 0.1) is 11.7 Å². The Kier molecular flexibility index (Phi) is 5.35. The number of rotatable bonds is 4. The molecule has 0 spiro atoms. The average molecular weight is 279 g/mol.